The fourth-order valence-electron chi connectivity index (χ4n) is 2.83. The summed E-state index contributed by atoms with van der Waals surface area (Å²) < 4.78 is 16.1. The number of rotatable bonds is 5. The zero-order valence-corrected chi connectivity index (χ0v) is 14.5. The number of methoxy groups -OCH3 is 2. The Balaban J connectivity index is 1.86. The predicted octanol–water partition coefficient (Wildman–Crippen LogP) is 2.79. The van der Waals surface area contributed by atoms with Gasteiger partial charge in [-0.25, -0.2) is 0 Å². The minimum Gasteiger partial charge on any atom is -0.496 e. The third-order valence-corrected chi connectivity index (χ3v) is 4.16. The topological polar surface area (TPSA) is 60.0 Å². The zero-order valence-electron chi connectivity index (χ0n) is 14.5. The summed E-state index contributed by atoms with van der Waals surface area (Å²) in [5, 5.41) is 2.93. The summed E-state index contributed by atoms with van der Waals surface area (Å²) in [4.78, 5) is 14.9. The summed E-state index contributed by atoms with van der Waals surface area (Å²) in [5.74, 6) is 0.901. The van der Waals surface area contributed by atoms with Crippen molar-refractivity contribution in [1.29, 1.82) is 0 Å². The van der Waals surface area contributed by atoms with Gasteiger partial charge in [-0.2, -0.15) is 0 Å². The van der Waals surface area contributed by atoms with Crippen LogP contribution in [0.2, 0.25) is 0 Å². The molecule has 0 atom stereocenters. The van der Waals surface area contributed by atoms with Gasteiger partial charge in [0.25, 0.3) is 5.91 Å². The van der Waals surface area contributed by atoms with E-state index in [-0.39, 0.29) is 5.91 Å². The van der Waals surface area contributed by atoms with Crippen molar-refractivity contribution in [3.05, 3.63) is 48.0 Å². The van der Waals surface area contributed by atoms with Gasteiger partial charge in [0.05, 0.1) is 38.7 Å². The Morgan fingerprint density at radius 3 is 2.48 bits per heavy atom. The monoisotopic (exact) mass is 342 g/mol. The van der Waals surface area contributed by atoms with Crippen molar-refractivity contribution in [2.75, 3.05) is 50.7 Å². The van der Waals surface area contributed by atoms with E-state index >= 15 is 0 Å². The van der Waals surface area contributed by atoms with Gasteiger partial charge in [0.1, 0.15) is 11.5 Å². The van der Waals surface area contributed by atoms with Crippen LogP contribution >= 0.6 is 0 Å². The molecule has 0 radical (unpaired) electrons. The number of hydrogen-bond donors (Lipinski definition) is 1. The number of nitrogens with one attached hydrogen (secondary N) is 1. The van der Waals surface area contributed by atoms with E-state index in [1.807, 2.05) is 24.3 Å². The molecule has 0 bridgehead atoms. The lowest BCUT2D eigenvalue weighted by Crippen LogP contribution is -2.36. The smallest absolute Gasteiger partial charge is 0.259 e. The molecule has 1 amide bonds. The second-order valence-corrected chi connectivity index (χ2v) is 5.64. The average molecular weight is 342 g/mol. The Morgan fingerprint density at radius 1 is 1.04 bits per heavy atom. The highest BCUT2D eigenvalue weighted by atomic mass is 16.5. The van der Waals surface area contributed by atoms with Crippen molar-refractivity contribution in [3.63, 3.8) is 0 Å². The summed E-state index contributed by atoms with van der Waals surface area (Å²) >= 11 is 0. The van der Waals surface area contributed by atoms with Gasteiger partial charge < -0.3 is 24.4 Å². The van der Waals surface area contributed by atoms with Crippen LogP contribution in [0.3, 0.4) is 0 Å². The maximum Gasteiger partial charge on any atom is 0.259 e. The second-order valence-electron chi connectivity index (χ2n) is 5.64. The van der Waals surface area contributed by atoms with Crippen LogP contribution in [0.4, 0.5) is 11.4 Å². The van der Waals surface area contributed by atoms with Gasteiger partial charge in [-0.15, -0.1) is 0 Å². The SMILES string of the molecule is COc1ccc(N2CCOCC2)cc1NC(=O)c1ccccc1OC. The lowest BCUT2D eigenvalue weighted by atomic mass is 10.1. The summed E-state index contributed by atoms with van der Waals surface area (Å²) in [7, 11) is 3.13. The lowest BCUT2D eigenvalue weighted by molar-refractivity contribution is 0.102. The molecule has 6 heteroatoms. The Kier molecular flexibility index (Phi) is 5.40. The minimum absolute atomic E-state index is 0.241. The first-order valence-electron chi connectivity index (χ1n) is 8.18. The van der Waals surface area contributed by atoms with Gasteiger partial charge >= 0.3 is 0 Å². The number of benzene rings is 2. The van der Waals surface area contributed by atoms with E-state index in [2.05, 4.69) is 10.2 Å². The molecule has 0 aromatic heterocycles. The molecule has 1 fully saturated rings. The molecule has 1 N–H and O–H groups in total. The molecule has 6 nitrogen and oxygen atoms in total. The molecule has 1 aliphatic heterocycles. The maximum absolute atomic E-state index is 12.7. The highest BCUT2D eigenvalue weighted by molar-refractivity contribution is 6.07. The number of ether oxygens (including phenoxy) is 3. The third kappa shape index (κ3) is 3.85. The highest BCUT2D eigenvalue weighted by Crippen LogP contribution is 2.31. The van der Waals surface area contributed by atoms with Crippen LogP contribution in [0.15, 0.2) is 42.5 Å². The average Bonchev–Trinajstić information content (AvgIpc) is 2.68. The number of anilines is 2. The molecule has 0 saturated carbocycles. The summed E-state index contributed by atoms with van der Waals surface area (Å²) in [6, 6.07) is 12.9. The van der Waals surface area contributed by atoms with Crippen molar-refractivity contribution in [2.45, 2.75) is 0 Å². The number of nitrogens with zero attached hydrogens (tertiary/aromatic N) is 1. The van der Waals surface area contributed by atoms with E-state index in [9.17, 15) is 4.79 Å². The first kappa shape index (κ1) is 17.1. The number of carbonyl (C=O) groups is 1. The van der Waals surface area contributed by atoms with Crippen LogP contribution in [-0.4, -0.2) is 46.4 Å². The van der Waals surface area contributed by atoms with E-state index in [0.717, 1.165) is 18.8 Å². The Bertz CT molecular complexity index is 742. The van der Waals surface area contributed by atoms with Crippen molar-refractivity contribution in [3.8, 4) is 11.5 Å². The lowest BCUT2D eigenvalue weighted by Gasteiger charge is -2.29. The van der Waals surface area contributed by atoms with Crippen LogP contribution in [0, 0.1) is 0 Å². The zero-order chi connectivity index (χ0) is 17.6. The minimum atomic E-state index is -0.241. The van der Waals surface area contributed by atoms with Gasteiger partial charge in [0.2, 0.25) is 0 Å². The number of morpholine rings is 1. The van der Waals surface area contributed by atoms with E-state index in [0.29, 0.717) is 36.0 Å². The molecule has 1 saturated heterocycles. The van der Waals surface area contributed by atoms with Crippen LogP contribution in [-0.2, 0) is 4.74 Å². The molecule has 132 valence electrons. The van der Waals surface area contributed by atoms with E-state index in [1.54, 1.807) is 32.4 Å². The number of para-hydroxylation sites is 1. The maximum atomic E-state index is 12.7. The molecule has 0 aliphatic carbocycles. The fourth-order valence-corrected chi connectivity index (χ4v) is 2.83. The van der Waals surface area contributed by atoms with Crippen molar-refractivity contribution < 1.29 is 19.0 Å². The van der Waals surface area contributed by atoms with Gasteiger partial charge in [-0.1, -0.05) is 12.1 Å². The van der Waals surface area contributed by atoms with E-state index in [4.69, 9.17) is 14.2 Å². The van der Waals surface area contributed by atoms with E-state index < -0.39 is 0 Å². The largest absolute Gasteiger partial charge is 0.496 e. The third-order valence-electron chi connectivity index (χ3n) is 4.16. The molecule has 1 heterocycles. The highest BCUT2D eigenvalue weighted by Gasteiger charge is 2.17. The summed E-state index contributed by atoms with van der Waals surface area (Å²) in [6.45, 7) is 3.06. The molecule has 25 heavy (non-hydrogen) atoms. The van der Waals surface area contributed by atoms with Crippen LogP contribution in [0.25, 0.3) is 0 Å². The fraction of sp³-hybridized carbons (Fsp3) is 0.316. The Labute approximate surface area is 147 Å². The van der Waals surface area contributed by atoms with Crippen LogP contribution in [0.5, 0.6) is 11.5 Å². The quantitative estimate of drug-likeness (QED) is 0.905. The molecule has 2 aromatic rings. The van der Waals surface area contributed by atoms with E-state index in [1.165, 1.54) is 0 Å². The van der Waals surface area contributed by atoms with Gasteiger partial charge in [0, 0.05) is 18.8 Å². The molecule has 1 aliphatic rings. The second kappa shape index (κ2) is 7.90. The van der Waals surface area contributed by atoms with Crippen molar-refractivity contribution >= 4 is 17.3 Å². The van der Waals surface area contributed by atoms with Crippen molar-refractivity contribution in [1.82, 2.24) is 0 Å². The molecular weight excluding hydrogens is 320 g/mol. The number of amides is 1. The Hall–Kier alpha value is -2.73. The summed E-state index contributed by atoms with van der Waals surface area (Å²) in [6.07, 6.45) is 0. The van der Waals surface area contributed by atoms with Gasteiger partial charge in [-0.05, 0) is 30.3 Å². The molecular formula is C19H22N2O4. The molecule has 0 spiro atoms. The van der Waals surface area contributed by atoms with Crippen LogP contribution in [0.1, 0.15) is 10.4 Å². The molecule has 0 unspecified atom stereocenters. The number of hydrogen-bond acceptors (Lipinski definition) is 5. The van der Waals surface area contributed by atoms with Crippen molar-refractivity contribution in [2.24, 2.45) is 0 Å². The normalized spacial score (nSPS) is 14.1. The number of carbonyl (C=O) groups excluding carboxylic acids is 1. The molecule has 3 rings (SSSR count). The standard InChI is InChI=1S/C19H22N2O4/c1-23-17-6-4-3-5-15(17)19(22)20-16-13-14(7-8-18(16)24-2)21-9-11-25-12-10-21/h3-8,13H,9-12H2,1-2H3,(H,20,22). The van der Waals surface area contributed by atoms with Crippen LogP contribution < -0.4 is 19.7 Å². The predicted molar refractivity (Wildman–Crippen MR) is 97.0 cm³/mol. The first-order chi connectivity index (χ1) is 12.2. The molecule has 2 aromatic carbocycles. The van der Waals surface area contributed by atoms with Gasteiger partial charge in [0.15, 0.2) is 0 Å². The first-order valence-corrected chi connectivity index (χ1v) is 8.18. The van der Waals surface area contributed by atoms with Gasteiger partial charge in [-0.3, -0.25) is 4.79 Å². The summed E-state index contributed by atoms with van der Waals surface area (Å²) in [5.41, 5.74) is 2.13. The Morgan fingerprint density at radius 2 is 1.76 bits per heavy atom.